The number of H-pyrrole nitrogens is 1. The van der Waals surface area contributed by atoms with Crippen molar-refractivity contribution in [2.45, 2.75) is 13.8 Å². The molecule has 2 aromatic carbocycles. The lowest BCUT2D eigenvalue weighted by atomic mass is 10.1. The Hall–Kier alpha value is -5.16. The zero-order valence-electron chi connectivity index (χ0n) is 24.3. The van der Waals surface area contributed by atoms with Crippen LogP contribution in [0.3, 0.4) is 0 Å². The lowest BCUT2D eigenvalue weighted by molar-refractivity contribution is -0.132. The molecule has 1 atom stereocenters. The second-order valence-corrected chi connectivity index (χ2v) is 11.3. The Labute approximate surface area is 262 Å². The predicted octanol–water partition coefficient (Wildman–Crippen LogP) is 4.33. The lowest BCUT2D eigenvalue weighted by Gasteiger charge is -2.36. The molecule has 3 aromatic heterocycles. The van der Waals surface area contributed by atoms with Crippen molar-refractivity contribution in [1.29, 1.82) is 0 Å². The maximum absolute atomic E-state index is 13.2. The zero-order valence-corrected chi connectivity index (χ0v) is 24.3. The highest BCUT2D eigenvalue weighted by Gasteiger charge is 2.31. The number of piperazine rings is 1. The molecule has 2 amide bonds. The smallest absolute Gasteiger partial charge is 0.236 e. The topological polar surface area (TPSA) is 123 Å². The average molecular weight is 604 g/mol. The second kappa shape index (κ2) is 13.2. The third kappa shape index (κ3) is 6.53. The van der Waals surface area contributed by atoms with E-state index in [0.29, 0.717) is 32.0 Å². The molecule has 45 heavy (non-hydrogen) atoms. The zero-order chi connectivity index (χ0) is 29.9. The van der Waals surface area contributed by atoms with Crippen LogP contribution in [-0.4, -0.2) is 92.6 Å². The van der Waals surface area contributed by atoms with E-state index in [1.165, 1.54) is 0 Å². The number of pyridine rings is 1. The van der Waals surface area contributed by atoms with Gasteiger partial charge in [-0.15, -0.1) is 0 Å². The minimum Gasteiger partial charge on any atom is -0.368 e. The Bertz CT molecular complexity index is 1750. The quantitative estimate of drug-likeness (QED) is 0.282. The van der Waals surface area contributed by atoms with Gasteiger partial charge in [0.25, 0.3) is 0 Å². The number of nitrogens with one attached hydrogen (secondary N) is 2. The van der Waals surface area contributed by atoms with Crippen LogP contribution >= 0.6 is 0 Å². The maximum Gasteiger partial charge on any atom is 0.236 e. The van der Waals surface area contributed by atoms with Gasteiger partial charge in [-0.2, -0.15) is 5.10 Å². The van der Waals surface area contributed by atoms with Gasteiger partial charge >= 0.3 is 0 Å². The number of aromatic amines is 1. The van der Waals surface area contributed by atoms with Gasteiger partial charge in [0.15, 0.2) is 5.82 Å². The molecular formula is C34H37N9O2. The lowest BCUT2D eigenvalue weighted by Crippen LogP contribution is -2.51. The molecule has 1 unspecified atom stereocenters. The van der Waals surface area contributed by atoms with Gasteiger partial charge in [-0.1, -0.05) is 7.43 Å². The third-order valence-corrected chi connectivity index (χ3v) is 8.47. The molecule has 2 saturated heterocycles. The van der Waals surface area contributed by atoms with E-state index in [-0.39, 0.29) is 25.2 Å². The van der Waals surface area contributed by atoms with Crippen molar-refractivity contribution in [2.24, 2.45) is 5.92 Å². The summed E-state index contributed by atoms with van der Waals surface area (Å²) in [5.41, 5.74) is 5.52. The number of benzene rings is 2. The molecule has 0 aliphatic carbocycles. The third-order valence-electron chi connectivity index (χ3n) is 8.47. The molecule has 2 fully saturated rings. The number of carbonyl (C=O) groups excluding carboxylic acids is 2. The summed E-state index contributed by atoms with van der Waals surface area (Å²) in [7, 11) is 0. The second-order valence-electron chi connectivity index (χ2n) is 11.3. The van der Waals surface area contributed by atoms with Crippen molar-refractivity contribution in [3.05, 3.63) is 85.5 Å². The number of aromatic nitrogens is 5. The molecule has 11 heteroatoms. The number of amides is 2. The van der Waals surface area contributed by atoms with Crippen LogP contribution in [0.4, 0.5) is 11.4 Å². The Morgan fingerprint density at radius 1 is 0.867 bits per heavy atom. The summed E-state index contributed by atoms with van der Waals surface area (Å²) < 4.78 is 0. The van der Waals surface area contributed by atoms with Gasteiger partial charge in [-0.3, -0.25) is 24.6 Å². The van der Waals surface area contributed by atoms with Crippen molar-refractivity contribution in [3.63, 3.8) is 0 Å². The van der Waals surface area contributed by atoms with Crippen LogP contribution in [-0.2, 0) is 9.59 Å². The number of nitrogens with zero attached hydrogens (tertiary/aromatic N) is 7. The molecule has 2 aliphatic heterocycles. The highest BCUT2D eigenvalue weighted by Crippen LogP contribution is 2.29. The van der Waals surface area contributed by atoms with Gasteiger partial charge in [0, 0.05) is 85.4 Å². The predicted molar refractivity (Wildman–Crippen MR) is 175 cm³/mol. The van der Waals surface area contributed by atoms with E-state index in [0.717, 1.165) is 65.2 Å². The molecule has 7 rings (SSSR count). The average Bonchev–Trinajstić information content (AvgIpc) is 3.73. The molecular weight excluding hydrogens is 566 g/mol. The van der Waals surface area contributed by atoms with Gasteiger partial charge in [-0.25, -0.2) is 9.97 Å². The van der Waals surface area contributed by atoms with Gasteiger partial charge < -0.3 is 15.1 Å². The Morgan fingerprint density at radius 2 is 1.62 bits per heavy atom. The van der Waals surface area contributed by atoms with Gasteiger partial charge in [0.2, 0.25) is 11.8 Å². The van der Waals surface area contributed by atoms with Crippen LogP contribution in [0.25, 0.3) is 33.5 Å². The minimum atomic E-state index is -0.163. The van der Waals surface area contributed by atoms with E-state index in [9.17, 15) is 9.59 Å². The monoisotopic (exact) mass is 603 g/mol. The van der Waals surface area contributed by atoms with E-state index in [1.54, 1.807) is 24.8 Å². The molecule has 0 saturated carbocycles. The minimum absolute atomic E-state index is 0. The Morgan fingerprint density at radius 3 is 2.38 bits per heavy atom. The summed E-state index contributed by atoms with van der Waals surface area (Å²) in [6.45, 7) is 4.56. The summed E-state index contributed by atoms with van der Waals surface area (Å²) >= 11 is 0. The highest BCUT2D eigenvalue weighted by molar-refractivity contribution is 5.99. The van der Waals surface area contributed by atoms with Crippen molar-refractivity contribution in [1.82, 2.24) is 34.9 Å². The van der Waals surface area contributed by atoms with Crippen LogP contribution in [0.5, 0.6) is 0 Å². The molecule has 5 heterocycles. The number of fused-ring (bicyclic) bond motifs is 1. The summed E-state index contributed by atoms with van der Waals surface area (Å²) in [6.07, 6.45) is 7.69. The van der Waals surface area contributed by atoms with E-state index in [1.807, 2.05) is 53.4 Å². The molecule has 11 nitrogen and oxygen atoms in total. The van der Waals surface area contributed by atoms with Gasteiger partial charge in [-0.05, 0) is 73.6 Å². The number of hydrogen-bond donors (Lipinski definition) is 2. The van der Waals surface area contributed by atoms with Crippen LogP contribution in [0, 0.1) is 5.92 Å². The molecule has 0 spiro atoms. The van der Waals surface area contributed by atoms with Crippen LogP contribution in [0.15, 0.2) is 85.5 Å². The van der Waals surface area contributed by atoms with Crippen LogP contribution in [0.2, 0.25) is 0 Å². The number of anilines is 2. The first-order chi connectivity index (χ1) is 21.6. The maximum atomic E-state index is 13.2. The largest absolute Gasteiger partial charge is 0.368 e. The standard InChI is InChI=1S/C33H33N9O2.CH4/c43-30(42-18-16-41(17-19-42)27-5-2-24(3-6-27)32-35-11-1-12-36-32)22-40-15-10-25(21-40)33(44)37-26-4-7-29-28(20-26)31(39-38-29)23-8-13-34-14-9-23;/h1-9,11-14,20,25H,10,15-19,21-22H2,(H,37,44)(H,38,39);1H4. The first-order valence-electron chi connectivity index (χ1n) is 14.9. The molecule has 230 valence electrons. The van der Waals surface area contributed by atoms with E-state index in [4.69, 9.17) is 0 Å². The fourth-order valence-electron chi connectivity index (χ4n) is 6.03. The Balaban J connectivity index is 0.00000357. The van der Waals surface area contributed by atoms with Crippen LogP contribution in [0.1, 0.15) is 13.8 Å². The molecule has 2 N–H and O–H groups in total. The summed E-state index contributed by atoms with van der Waals surface area (Å²) in [6, 6.07) is 19.7. The summed E-state index contributed by atoms with van der Waals surface area (Å²) in [5.74, 6) is 0.647. The van der Waals surface area contributed by atoms with Crippen molar-refractivity contribution in [3.8, 4) is 22.6 Å². The van der Waals surface area contributed by atoms with Crippen molar-refractivity contribution < 1.29 is 9.59 Å². The van der Waals surface area contributed by atoms with Crippen molar-refractivity contribution in [2.75, 3.05) is 56.0 Å². The number of likely N-dealkylation sites (tertiary alicyclic amines) is 1. The van der Waals surface area contributed by atoms with Crippen molar-refractivity contribution >= 4 is 34.1 Å². The summed E-state index contributed by atoms with van der Waals surface area (Å²) in [4.78, 5) is 45.4. The highest BCUT2D eigenvalue weighted by atomic mass is 16.2. The fraction of sp³-hybridized carbons (Fsp3) is 0.294. The van der Waals surface area contributed by atoms with Crippen LogP contribution < -0.4 is 10.2 Å². The fourth-order valence-corrected chi connectivity index (χ4v) is 6.03. The number of hydrogen-bond acceptors (Lipinski definition) is 8. The van der Waals surface area contributed by atoms with E-state index in [2.05, 4.69) is 52.4 Å². The number of carbonyl (C=O) groups is 2. The van der Waals surface area contributed by atoms with E-state index >= 15 is 0 Å². The molecule has 0 radical (unpaired) electrons. The molecule has 2 aliphatic rings. The summed E-state index contributed by atoms with van der Waals surface area (Å²) in [5, 5.41) is 11.5. The molecule has 5 aromatic rings. The number of rotatable bonds is 7. The first-order valence-corrected chi connectivity index (χ1v) is 14.9. The first kappa shape index (κ1) is 29.9. The van der Waals surface area contributed by atoms with Gasteiger partial charge in [0.1, 0.15) is 5.69 Å². The molecule has 0 bridgehead atoms. The normalized spacial score (nSPS) is 16.8. The van der Waals surface area contributed by atoms with Gasteiger partial charge in [0.05, 0.1) is 18.0 Å². The SMILES string of the molecule is C.O=C(Nc1ccc2[nH]nc(-c3ccncc3)c2c1)C1CCN(CC(=O)N2CCN(c3ccc(-c4ncccn4)cc3)CC2)C1. The Kier molecular flexibility index (Phi) is 8.79. The van der Waals surface area contributed by atoms with E-state index < -0.39 is 0 Å².